The minimum absolute atomic E-state index is 0. The van der Waals surface area contributed by atoms with Gasteiger partial charge in [0.1, 0.15) is 16.5 Å². The molecule has 6 nitrogen and oxygen atoms in total. The third-order valence-corrected chi connectivity index (χ3v) is 4.32. The van der Waals surface area contributed by atoms with Crippen LogP contribution in [0.2, 0.25) is 0 Å². The van der Waals surface area contributed by atoms with Crippen LogP contribution < -0.4 is 11.1 Å². The zero-order valence-corrected chi connectivity index (χ0v) is 16.8. The first-order valence-electron chi connectivity index (χ1n) is 7.52. The third kappa shape index (κ3) is 5.38. The summed E-state index contributed by atoms with van der Waals surface area (Å²) in [7, 11) is 0. The molecule has 1 atom stereocenters. The minimum Gasteiger partial charge on any atom is -0.325 e. The molecule has 0 aromatic carbocycles. The number of carbonyl (C=O) groups excluding carboxylic acids is 1. The molecule has 0 unspecified atom stereocenters. The lowest BCUT2D eigenvalue weighted by atomic mass is 10.0. The zero-order valence-electron chi connectivity index (χ0n) is 14.4. The Bertz CT molecular complexity index is 814. The molecule has 0 saturated heterocycles. The molecule has 0 bridgehead atoms. The van der Waals surface area contributed by atoms with Gasteiger partial charge in [-0.2, -0.15) is 9.49 Å². The molecule has 2 rings (SSSR count). The van der Waals surface area contributed by atoms with Crippen molar-refractivity contribution in [2.75, 3.05) is 5.32 Å². The number of halogens is 5. The van der Waals surface area contributed by atoms with E-state index < -0.39 is 28.6 Å². The summed E-state index contributed by atoms with van der Waals surface area (Å²) in [5.74, 6) is -2.94. The van der Waals surface area contributed by atoms with Crippen LogP contribution in [0.5, 0.6) is 0 Å². The number of aromatic nitrogens is 3. The molecule has 0 fully saturated rings. The second-order valence-electron chi connectivity index (χ2n) is 5.72. The van der Waals surface area contributed by atoms with E-state index in [9.17, 15) is 13.6 Å². The van der Waals surface area contributed by atoms with Gasteiger partial charge in [0.2, 0.25) is 5.95 Å². The molecule has 148 valence electrons. The summed E-state index contributed by atoms with van der Waals surface area (Å²) < 4.78 is 28.8. The Labute approximate surface area is 170 Å². The number of alkyl halides is 2. The predicted molar refractivity (Wildman–Crippen MR) is 104 cm³/mol. The summed E-state index contributed by atoms with van der Waals surface area (Å²) in [6.45, 7) is 6.81. The SMILES string of the molecule is C=C(C[C@H](N)C(Cl)Cl)C(=O)Nc1cc(F)c(-c2c(C)n[nH]c2C)c(F)n1.Cl. The van der Waals surface area contributed by atoms with Crippen LogP contribution in [-0.2, 0) is 4.79 Å². The molecule has 27 heavy (non-hydrogen) atoms. The van der Waals surface area contributed by atoms with Crippen molar-refractivity contribution in [2.24, 2.45) is 5.73 Å². The monoisotopic (exact) mass is 439 g/mol. The second kappa shape index (κ2) is 9.45. The fourth-order valence-electron chi connectivity index (χ4n) is 2.36. The number of carbonyl (C=O) groups is 1. The molecule has 2 aromatic rings. The Kier molecular flexibility index (Phi) is 8.16. The number of rotatable bonds is 6. The van der Waals surface area contributed by atoms with E-state index in [0.29, 0.717) is 11.4 Å². The van der Waals surface area contributed by atoms with Gasteiger partial charge in [-0.15, -0.1) is 35.6 Å². The molecule has 0 aliphatic carbocycles. The highest BCUT2D eigenvalue weighted by atomic mass is 35.5. The largest absolute Gasteiger partial charge is 0.325 e. The van der Waals surface area contributed by atoms with Gasteiger partial charge in [0.15, 0.2) is 0 Å². The molecule has 0 saturated carbocycles. The molecular formula is C16H18Cl3F2N5O. The maximum absolute atomic E-state index is 14.5. The Balaban J connectivity index is 0.00000364. The van der Waals surface area contributed by atoms with Gasteiger partial charge in [-0.3, -0.25) is 9.89 Å². The lowest BCUT2D eigenvalue weighted by Crippen LogP contribution is -2.30. The highest BCUT2D eigenvalue weighted by Gasteiger charge is 2.22. The summed E-state index contributed by atoms with van der Waals surface area (Å²) in [5.41, 5.74) is 6.60. The van der Waals surface area contributed by atoms with Gasteiger partial charge in [-0.1, -0.05) is 6.58 Å². The number of nitrogens with zero attached hydrogens (tertiary/aromatic N) is 2. The van der Waals surface area contributed by atoms with Crippen molar-refractivity contribution in [2.45, 2.75) is 31.1 Å². The van der Waals surface area contributed by atoms with Crippen molar-refractivity contribution in [1.29, 1.82) is 0 Å². The summed E-state index contributed by atoms with van der Waals surface area (Å²) in [6.07, 6.45) is 0.0138. The number of hydrogen-bond donors (Lipinski definition) is 3. The number of nitrogens with one attached hydrogen (secondary N) is 2. The summed E-state index contributed by atoms with van der Waals surface area (Å²) >= 11 is 11.2. The van der Waals surface area contributed by atoms with Gasteiger partial charge in [-0.25, -0.2) is 9.37 Å². The lowest BCUT2D eigenvalue weighted by Gasteiger charge is -2.14. The first-order chi connectivity index (χ1) is 12.1. The van der Waals surface area contributed by atoms with Crippen molar-refractivity contribution in [1.82, 2.24) is 15.2 Å². The van der Waals surface area contributed by atoms with E-state index in [1.807, 2.05) is 0 Å². The van der Waals surface area contributed by atoms with Gasteiger partial charge in [0, 0.05) is 28.9 Å². The topological polar surface area (TPSA) is 96.7 Å². The molecular weight excluding hydrogens is 423 g/mol. The van der Waals surface area contributed by atoms with E-state index in [0.717, 1.165) is 6.07 Å². The fraction of sp³-hybridized carbons (Fsp3) is 0.312. The van der Waals surface area contributed by atoms with Gasteiger partial charge in [0.25, 0.3) is 5.91 Å². The van der Waals surface area contributed by atoms with Crippen LogP contribution in [-0.4, -0.2) is 32.0 Å². The maximum atomic E-state index is 14.5. The summed E-state index contributed by atoms with van der Waals surface area (Å²) in [5, 5.41) is 8.84. The number of amides is 1. The van der Waals surface area contributed by atoms with E-state index in [1.54, 1.807) is 13.8 Å². The van der Waals surface area contributed by atoms with Crippen LogP contribution in [0, 0.1) is 25.6 Å². The highest BCUT2D eigenvalue weighted by molar-refractivity contribution is 6.44. The summed E-state index contributed by atoms with van der Waals surface area (Å²) in [4.78, 5) is 14.8. The maximum Gasteiger partial charge on any atom is 0.252 e. The first-order valence-corrected chi connectivity index (χ1v) is 8.40. The Morgan fingerprint density at radius 2 is 2.00 bits per heavy atom. The molecule has 2 heterocycles. The van der Waals surface area contributed by atoms with E-state index in [-0.39, 0.29) is 41.3 Å². The Hall–Kier alpha value is -1.74. The molecule has 0 aliphatic heterocycles. The van der Waals surface area contributed by atoms with Crippen LogP contribution in [0.1, 0.15) is 17.8 Å². The van der Waals surface area contributed by atoms with Crippen LogP contribution >= 0.6 is 35.6 Å². The molecule has 4 N–H and O–H groups in total. The lowest BCUT2D eigenvalue weighted by molar-refractivity contribution is -0.113. The van der Waals surface area contributed by atoms with Crippen molar-refractivity contribution < 1.29 is 13.6 Å². The average molecular weight is 441 g/mol. The number of nitrogens with two attached hydrogens (primary N) is 1. The van der Waals surface area contributed by atoms with E-state index in [1.165, 1.54) is 0 Å². The van der Waals surface area contributed by atoms with E-state index in [2.05, 4.69) is 27.1 Å². The van der Waals surface area contributed by atoms with Gasteiger partial charge in [0.05, 0.1) is 11.3 Å². The van der Waals surface area contributed by atoms with Crippen LogP contribution in [0.3, 0.4) is 0 Å². The first kappa shape index (κ1) is 23.3. The normalized spacial score (nSPS) is 11.9. The average Bonchev–Trinajstić information content (AvgIpc) is 2.86. The number of H-pyrrole nitrogens is 1. The number of aromatic amines is 1. The number of hydrogen-bond acceptors (Lipinski definition) is 4. The van der Waals surface area contributed by atoms with Gasteiger partial charge >= 0.3 is 0 Å². The summed E-state index contributed by atoms with van der Waals surface area (Å²) in [6, 6.07) is 0.217. The third-order valence-electron chi connectivity index (χ3n) is 3.67. The number of aryl methyl sites for hydroxylation is 2. The second-order valence-corrected chi connectivity index (χ2v) is 6.89. The number of anilines is 1. The predicted octanol–water partition coefficient (Wildman–Crippen LogP) is 3.80. The fourth-order valence-corrected chi connectivity index (χ4v) is 2.54. The quantitative estimate of drug-likeness (QED) is 0.361. The minimum atomic E-state index is -1.07. The Morgan fingerprint density at radius 3 is 2.48 bits per heavy atom. The standard InChI is InChI=1S/C16H17Cl2F2N5O.ClH/c1-6(4-10(21)14(17)18)16(26)23-11-5-9(19)13(15(20)22-11)12-7(2)24-25-8(12)3;/h5,10,14H,1,4,21H2,2-3H3,(H,24,25)(H,22,23,26);1H/t10-;/m0./s1. The Morgan fingerprint density at radius 1 is 1.37 bits per heavy atom. The van der Waals surface area contributed by atoms with Crippen LogP contribution in [0.15, 0.2) is 18.2 Å². The van der Waals surface area contributed by atoms with Crippen molar-refractivity contribution in [3.05, 3.63) is 41.4 Å². The van der Waals surface area contributed by atoms with Gasteiger partial charge in [-0.05, 0) is 20.3 Å². The molecule has 1 amide bonds. The van der Waals surface area contributed by atoms with Crippen molar-refractivity contribution in [3.8, 4) is 11.1 Å². The number of pyridine rings is 1. The zero-order chi connectivity index (χ0) is 19.6. The highest BCUT2D eigenvalue weighted by Crippen LogP contribution is 2.31. The van der Waals surface area contributed by atoms with Gasteiger partial charge < -0.3 is 11.1 Å². The molecule has 11 heteroatoms. The van der Waals surface area contributed by atoms with Crippen LogP contribution in [0.4, 0.5) is 14.6 Å². The van der Waals surface area contributed by atoms with Crippen molar-refractivity contribution in [3.63, 3.8) is 0 Å². The molecule has 0 radical (unpaired) electrons. The van der Waals surface area contributed by atoms with Crippen LogP contribution in [0.25, 0.3) is 11.1 Å². The molecule has 0 aliphatic rings. The smallest absolute Gasteiger partial charge is 0.252 e. The van der Waals surface area contributed by atoms with E-state index in [4.69, 9.17) is 28.9 Å². The van der Waals surface area contributed by atoms with Crippen molar-refractivity contribution >= 4 is 47.3 Å². The molecule has 2 aromatic heterocycles. The molecule has 0 spiro atoms. The van der Waals surface area contributed by atoms with E-state index >= 15 is 0 Å².